The van der Waals surface area contributed by atoms with E-state index in [2.05, 4.69) is 59.5 Å². The predicted molar refractivity (Wildman–Crippen MR) is 67.0 cm³/mol. The molecule has 2 atom stereocenters. The molecule has 1 aromatic rings. The van der Waals surface area contributed by atoms with Gasteiger partial charge in [0, 0.05) is 12.6 Å². The molecular formula is C15H17N. The van der Waals surface area contributed by atoms with E-state index in [1.165, 1.54) is 18.5 Å². The third-order valence-electron chi connectivity index (χ3n) is 3.62. The van der Waals surface area contributed by atoms with Gasteiger partial charge in [0.15, 0.2) is 0 Å². The number of benzene rings is 1. The molecule has 0 aromatic heterocycles. The number of rotatable bonds is 2. The minimum Gasteiger partial charge on any atom is -0.292 e. The zero-order valence-electron chi connectivity index (χ0n) is 9.42. The minimum absolute atomic E-state index is 0.630. The van der Waals surface area contributed by atoms with Crippen molar-refractivity contribution in [1.82, 2.24) is 4.90 Å². The van der Waals surface area contributed by atoms with Crippen LogP contribution in [0.1, 0.15) is 12.0 Å². The van der Waals surface area contributed by atoms with E-state index in [0.717, 1.165) is 12.5 Å². The molecule has 1 heterocycles. The molecule has 0 saturated carbocycles. The SMILES string of the molecule is C1=C[C@H]2CCN(Cc3ccccc3)[C@H]2C=C1. The van der Waals surface area contributed by atoms with Gasteiger partial charge in [0.1, 0.15) is 0 Å². The molecule has 0 amide bonds. The van der Waals surface area contributed by atoms with Crippen LogP contribution in [0.5, 0.6) is 0 Å². The Bertz CT molecular complexity index is 405. The number of allylic oxidation sites excluding steroid dienone is 2. The van der Waals surface area contributed by atoms with Crippen molar-refractivity contribution in [3.8, 4) is 0 Å². The van der Waals surface area contributed by atoms with Crippen molar-refractivity contribution in [2.45, 2.75) is 19.0 Å². The fraction of sp³-hybridized carbons (Fsp3) is 0.333. The van der Waals surface area contributed by atoms with E-state index in [-0.39, 0.29) is 0 Å². The van der Waals surface area contributed by atoms with Crippen LogP contribution in [0.2, 0.25) is 0 Å². The van der Waals surface area contributed by atoms with Crippen molar-refractivity contribution < 1.29 is 0 Å². The van der Waals surface area contributed by atoms with Gasteiger partial charge in [-0.3, -0.25) is 4.90 Å². The van der Waals surface area contributed by atoms with E-state index >= 15 is 0 Å². The number of hydrogen-bond donors (Lipinski definition) is 0. The second-order valence-corrected chi connectivity index (χ2v) is 4.67. The quantitative estimate of drug-likeness (QED) is 0.727. The van der Waals surface area contributed by atoms with Gasteiger partial charge < -0.3 is 0 Å². The van der Waals surface area contributed by atoms with Crippen LogP contribution in [0.25, 0.3) is 0 Å². The molecule has 3 rings (SSSR count). The van der Waals surface area contributed by atoms with Crippen molar-refractivity contribution in [3.05, 3.63) is 60.2 Å². The molecule has 1 aliphatic carbocycles. The molecule has 1 aliphatic heterocycles. The normalized spacial score (nSPS) is 28.2. The summed E-state index contributed by atoms with van der Waals surface area (Å²) < 4.78 is 0. The molecule has 0 radical (unpaired) electrons. The van der Waals surface area contributed by atoms with Crippen LogP contribution in [0.4, 0.5) is 0 Å². The lowest BCUT2D eigenvalue weighted by molar-refractivity contribution is 0.268. The molecule has 0 spiro atoms. The van der Waals surface area contributed by atoms with Gasteiger partial charge >= 0.3 is 0 Å². The Balaban J connectivity index is 1.73. The van der Waals surface area contributed by atoms with Crippen molar-refractivity contribution in [2.75, 3.05) is 6.54 Å². The summed E-state index contributed by atoms with van der Waals surface area (Å²) in [5.74, 6) is 0.744. The van der Waals surface area contributed by atoms with Crippen molar-refractivity contribution in [3.63, 3.8) is 0 Å². The summed E-state index contributed by atoms with van der Waals surface area (Å²) in [6, 6.07) is 11.4. The molecule has 0 N–H and O–H groups in total. The van der Waals surface area contributed by atoms with Crippen molar-refractivity contribution >= 4 is 0 Å². The molecule has 1 aromatic carbocycles. The highest BCUT2D eigenvalue weighted by molar-refractivity contribution is 5.21. The van der Waals surface area contributed by atoms with Gasteiger partial charge in [0.05, 0.1) is 0 Å². The molecule has 1 fully saturated rings. The monoisotopic (exact) mass is 211 g/mol. The highest BCUT2D eigenvalue weighted by Crippen LogP contribution is 2.30. The molecule has 1 heteroatoms. The number of fused-ring (bicyclic) bond motifs is 1. The number of likely N-dealkylation sites (tertiary alicyclic amines) is 1. The summed E-state index contributed by atoms with van der Waals surface area (Å²) in [6.45, 7) is 2.30. The molecule has 1 nitrogen and oxygen atoms in total. The van der Waals surface area contributed by atoms with Crippen LogP contribution < -0.4 is 0 Å². The van der Waals surface area contributed by atoms with E-state index < -0.39 is 0 Å². The average Bonchev–Trinajstić information content (AvgIpc) is 2.74. The second-order valence-electron chi connectivity index (χ2n) is 4.67. The fourth-order valence-electron chi connectivity index (χ4n) is 2.77. The first-order chi connectivity index (χ1) is 7.93. The maximum Gasteiger partial charge on any atom is 0.0348 e. The minimum atomic E-state index is 0.630. The third-order valence-corrected chi connectivity index (χ3v) is 3.62. The Morgan fingerprint density at radius 2 is 1.88 bits per heavy atom. The molecule has 82 valence electrons. The lowest BCUT2D eigenvalue weighted by atomic mass is 9.96. The van der Waals surface area contributed by atoms with Gasteiger partial charge in [-0.1, -0.05) is 54.6 Å². The highest BCUT2D eigenvalue weighted by Gasteiger charge is 2.31. The first kappa shape index (κ1) is 9.86. The summed E-state index contributed by atoms with van der Waals surface area (Å²) in [7, 11) is 0. The van der Waals surface area contributed by atoms with E-state index in [1.54, 1.807) is 0 Å². The first-order valence-electron chi connectivity index (χ1n) is 6.06. The number of nitrogens with zero attached hydrogens (tertiary/aromatic N) is 1. The summed E-state index contributed by atoms with van der Waals surface area (Å²) >= 11 is 0. The van der Waals surface area contributed by atoms with E-state index in [1.807, 2.05) is 0 Å². The van der Waals surface area contributed by atoms with Gasteiger partial charge in [-0.25, -0.2) is 0 Å². The summed E-state index contributed by atoms with van der Waals surface area (Å²) in [6.07, 6.45) is 10.4. The van der Waals surface area contributed by atoms with Crippen LogP contribution in [0.15, 0.2) is 54.6 Å². The van der Waals surface area contributed by atoms with Gasteiger partial charge in [-0.05, 0) is 24.4 Å². The zero-order chi connectivity index (χ0) is 10.8. The lowest BCUT2D eigenvalue weighted by Crippen LogP contribution is -2.30. The van der Waals surface area contributed by atoms with Crippen LogP contribution >= 0.6 is 0 Å². The fourth-order valence-corrected chi connectivity index (χ4v) is 2.77. The van der Waals surface area contributed by atoms with Gasteiger partial charge in [-0.2, -0.15) is 0 Å². The molecule has 16 heavy (non-hydrogen) atoms. The number of hydrogen-bond acceptors (Lipinski definition) is 1. The maximum atomic E-state index is 2.58. The Morgan fingerprint density at radius 1 is 1.06 bits per heavy atom. The summed E-state index contributed by atoms with van der Waals surface area (Å²) in [4.78, 5) is 2.58. The summed E-state index contributed by atoms with van der Waals surface area (Å²) in [5, 5.41) is 0. The predicted octanol–water partition coefficient (Wildman–Crippen LogP) is 3.00. The Kier molecular flexibility index (Phi) is 2.63. The molecular weight excluding hydrogens is 194 g/mol. The van der Waals surface area contributed by atoms with Crippen LogP contribution in [-0.4, -0.2) is 17.5 Å². The van der Waals surface area contributed by atoms with Crippen LogP contribution in [0, 0.1) is 5.92 Å². The van der Waals surface area contributed by atoms with E-state index in [4.69, 9.17) is 0 Å². The maximum absolute atomic E-state index is 2.58. The van der Waals surface area contributed by atoms with Gasteiger partial charge in [0.2, 0.25) is 0 Å². The highest BCUT2D eigenvalue weighted by atomic mass is 15.2. The van der Waals surface area contributed by atoms with Gasteiger partial charge in [-0.15, -0.1) is 0 Å². The standard InChI is InChI=1S/C15H17N/c1-2-6-13(7-3-1)12-16-11-10-14-8-4-5-9-15(14)16/h1-9,14-15H,10-12H2/t14-,15-/m0/s1. The zero-order valence-corrected chi connectivity index (χ0v) is 9.42. The molecule has 2 aliphatic rings. The lowest BCUT2D eigenvalue weighted by Gasteiger charge is -2.25. The Labute approximate surface area is 97.1 Å². The van der Waals surface area contributed by atoms with E-state index in [9.17, 15) is 0 Å². The largest absolute Gasteiger partial charge is 0.292 e. The Hall–Kier alpha value is -1.34. The molecule has 1 saturated heterocycles. The van der Waals surface area contributed by atoms with Gasteiger partial charge in [0.25, 0.3) is 0 Å². The molecule has 0 unspecified atom stereocenters. The smallest absolute Gasteiger partial charge is 0.0348 e. The van der Waals surface area contributed by atoms with Crippen LogP contribution in [-0.2, 0) is 6.54 Å². The molecule has 0 bridgehead atoms. The topological polar surface area (TPSA) is 3.24 Å². The van der Waals surface area contributed by atoms with E-state index in [0.29, 0.717) is 6.04 Å². The first-order valence-corrected chi connectivity index (χ1v) is 6.06. The second kappa shape index (κ2) is 4.26. The van der Waals surface area contributed by atoms with Crippen LogP contribution in [0.3, 0.4) is 0 Å². The third kappa shape index (κ3) is 1.83. The average molecular weight is 211 g/mol. The van der Waals surface area contributed by atoms with Crippen molar-refractivity contribution in [1.29, 1.82) is 0 Å². The van der Waals surface area contributed by atoms with Crippen molar-refractivity contribution in [2.24, 2.45) is 5.92 Å². The summed E-state index contributed by atoms with van der Waals surface area (Å²) in [5.41, 5.74) is 1.42. The Morgan fingerprint density at radius 3 is 2.75 bits per heavy atom.